The van der Waals surface area contributed by atoms with Crippen molar-refractivity contribution in [3.63, 3.8) is 0 Å². The second-order valence-electron chi connectivity index (χ2n) is 6.85. The van der Waals surface area contributed by atoms with Gasteiger partial charge in [0.1, 0.15) is 5.65 Å². The van der Waals surface area contributed by atoms with Crippen LogP contribution in [0.2, 0.25) is 0 Å². The normalized spacial score (nSPS) is 17.5. The van der Waals surface area contributed by atoms with Gasteiger partial charge in [0.15, 0.2) is 5.82 Å². The Hall–Kier alpha value is -2.96. The number of carbonyl (C=O) groups excluding carboxylic acids is 1. The van der Waals surface area contributed by atoms with Gasteiger partial charge in [-0.2, -0.15) is 5.10 Å². The fourth-order valence-electron chi connectivity index (χ4n) is 3.38. The summed E-state index contributed by atoms with van der Waals surface area (Å²) in [4.78, 5) is 19.3. The van der Waals surface area contributed by atoms with Crippen LogP contribution in [0.25, 0.3) is 5.65 Å². The first-order valence-corrected chi connectivity index (χ1v) is 8.90. The molecule has 3 aromatic rings. The molecule has 1 atom stereocenters. The molecule has 3 aromatic heterocycles. The number of imidazole rings is 1. The first-order valence-electron chi connectivity index (χ1n) is 8.90. The number of rotatable bonds is 3. The van der Waals surface area contributed by atoms with Crippen LogP contribution in [0.1, 0.15) is 34.6 Å². The largest absolute Gasteiger partial charge is 0.353 e. The highest BCUT2D eigenvalue weighted by atomic mass is 16.1. The van der Waals surface area contributed by atoms with Crippen LogP contribution in [0.5, 0.6) is 0 Å². The van der Waals surface area contributed by atoms with Crippen molar-refractivity contribution in [1.29, 1.82) is 0 Å². The first-order chi connectivity index (χ1) is 12.6. The molecular formula is C19H22N6O. The highest BCUT2D eigenvalue weighted by Crippen LogP contribution is 2.18. The van der Waals surface area contributed by atoms with Crippen LogP contribution in [0, 0.1) is 13.8 Å². The second-order valence-corrected chi connectivity index (χ2v) is 6.85. The third-order valence-corrected chi connectivity index (χ3v) is 4.71. The van der Waals surface area contributed by atoms with Gasteiger partial charge < -0.3 is 14.6 Å². The van der Waals surface area contributed by atoms with Gasteiger partial charge in [0.2, 0.25) is 0 Å². The van der Waals surface area contributed by atoms with Crippen molar-refractivity contribution in [2.45, 2.75) is 32.7 Å². The number of hydrogen-bond acceptors (Lipinski definition) is 5. The molecule has 7 nitrogen and oxygen atoms in total. The Morgan fingerprint density at radius 2 is 2.08 bits per heavy atom. The average molecular weight is 350 g/mol. The van der Waals surface area contributed by atoms with Crippen LogP contribution in [0.15, 0.2) is 36.7 Å². The van der Waals surface area contributed by atoms with Crippen molar-refractivity contribution in [3.05, 3.63) is 53.6 Å². The third-order valence-electron chi connectivity index (χ3n) is 4.71. The number of aromatic nitrogens is 4. The maximum atomic E-state index is 12.7. The zero-order valence-corrected chi connectivity index (χ0v) is 15.0. The zero-order valence-electron chi connectivity index (χ0n) is 15.0. The fraction of sp³-hybridized carbons (Fsp3) is 0.368. The van der Waals surface area contributed by atoms with Crippen molar-refractivity contribution < 1.29 is 4.79 Å². The molecule has 0 radical (unpaired) electrons. The maximum absolute atomic E-state index is 12.7. The monoisotopic (exact) mass is 350 g/mol. The van der Waals surface area contributed by atoms with Crippen molar-refractivity contribution in [3.8, 4) is 0 Å². The van der Waals surface area contributed by atoms with Crippen LogP contribution in [0.4, 0.5) is 5.82 Å². The molecule has 4 heterocycles. The van der Waals surface area contributed by atoms with Crippen LogP contribution in [-0.4, -0.2) is 44.6 Å². The third kappa shape index (κ3) is 3.37. The highest BCUT2D eigenvalue weighted by Gasteiger charge is 2.23. The van der Waals surface area contributed by atoms with E-state index < -0.39 is 0 Å². The summed E-state index contributed by atoms with van der Waals surface area (Å²) in [6.07, 6.45) is 5.79. The number of carbonyl (C=O) groups is 1. The Balaban J connectivity index is 1.45. The topological polar surface area (TPSA) is 75.4 Å². The van der Waals surface area contributed by atoms with Crippen molar-refractivity contribution in [1.82, 2.24) is 24.9 Å². The SMILES string of the molecule is Cc1ccc(N2CCCC(NC(=O)c3ccn4cc(C)nc4c3)C2)nn1. The van der Waals surface area contributed by atoms with E-state index in [0.29, 0.717) is 5.56 Å². The number of fused-ring (bicyclic) bond motifs is 1. The number of piperidine rings is 1. The van der Waals surface area contributed by atoms with Crippen molar-refractivity contribution in [2.24, 2.45) is 0 Å². The van der Waals surface area contributed by atoms with Crippen molar-refractivity contribution >= 4 is 17.4 Å². The van der Waals surface area contributed by atoms with E-state index in [0.717, 1.165) is 48.8 Å². The van der Waals surface area contributed by atoms with Gasteiger partial charge in [-0.15, -0.1) is 5.10 Å². The van der Waals surface area contributed by atoms with Gasteiger partial charge in [0, 0.05) is 37.1 Å². The molecule has 134 valence electrons. The lowest BCUT2D eigenvalue weighted by Gasteiger charge is -2.33. The number of nitrogens with zero attached hydrogens (tertiary/aromatic N) is 5. The first kappa shape index (κ1) is 16.5. The Bertz CT molecular complexity index is 933. The van der Waals surface area contributed by atoms with E-state index in [1.807, 2.05) is 54.9 Å². The molecule has 0 aromatic carbocycles. The molecule has 1 amide bonds. The fourth-order valence-corrected chi connectivity index (χ4v) is 3.38. The van der Waals surface area contributed by atoms with Gasteiger partial charge in [-0.3, -0.25) is 4.79 Å². The number of anilines is 1. The second kappa shape index (κ2) is 6.74. The van der Waals surface area contributed by atoms with E-state index >= 15 is 0 Å². The number of amides is 1. The van der Waals surface area contributed by atoms with Gasteiger partial charge in [-0.1, -0.05) is 0 Å². The Morgan fingerprint density at radius 1 is 1.19 bits per heavy atom. The summed E-state index contributed by atoms with van der Waals surface area (Å²) in [6, 6.07) is 7.70. The Morgan fingerprint density at radius 3 is 2.88 bits per heavy atom. The van der Waals surface area contributed by atoms with E-state index in [2.05, 4.69) is 25.4 Å². The summed E-state index contributed by atoms with van der Waals surface area (Å²) in [5.74, 6) is 0.804. The van der Waals surface area contributed by atoms with E-state index in [4.69, 9.17) is 0 Å². The van der Waals surface area contributed by atoms with Gasteiger partial charge in [0.25, 0.3) is 5.91 Å². The molecule has 0 spiro atoms. The molecule has 26 heavy (non-hydrogen) atoms. The van der Waals surface area contributed by atoms with Gasteiger partial charge in [0.05, 0.1) is 11.4 Å². The Labute approximate surface area is 152 Å². The standard InChI is InChI=1S/C19H22N6O/c1-13-5-6-17(23-22-13)24-8-3-4-16(12-24)21-19(26)15-7-9-25-11-14(2)20-18(25)10-15/h5-7,9-11,16H,3-4,8,12H2,1-2H3,(H,21,26). The lowest BCUT2D eigenvalue weighted by Crippen LogP contribution is -2.48. The minimum absolute atomic E-state index is 0.0602. The molecule has 1 aliphatic rings. The summed E-state index contributed by atoms with van der Waals surface area (Å²) >= 11 is 0. The molecule has 1 N–H and O–H groups in total. The van der Waals surface area contributed by atoms with Gasteiger partial charge in [-0.05, 0) is 51.0 Å². The quantitative estimate of drug-likeness (QED) is 0.783. The minimum Gasteiger partial charge on any atom is -0.353 e. The summed E-state index contributed by atoms with van der Waals surface area (Å²) in [5, 5.41) is 11.5. The summed E-state index contributed by atoms with van der Waals surface area (Å²) in [5.41, 5.74) is 3.26. The van der Waals surface area contributed by atoms with E-state index in [-0.39, 0.29) is 11.9 Å². The maximum Gasteiger partial charge on any atom is 0.251 e. The lowest BCUT2D eigenvalue weighted by atomic mass is 10.1. The van der Waals surface area contributed by atoms with Gasteiger partial charge >= 0.3 is 0 Å². The van der Waals surface area contributed by atoms with E-state index in [9.17, 15) is 4.79 Å². The predicted molar refractivity (Wildman–Crippen MR) is 99.4 cm³/mol. The predicted octanol–water partition coefficient (Wildman–Crippen LogP) is 2.14. The van der Waals surface area contributed by atoms with E-state index in [1.54, 1.807) is 0 Å². The average Bonchev–Trinajstić information content (AvgIpc) is 3.01. The van der Waals surface area contributed by atoms with Crippen molar-refractivity contribution in [2.75, 3.05) is 18.0 Å². The molecular weight excluding hydrogens is 328 g/mol. The number of hydrogen-bond donors (Lipinski definition) is 1. The lowest BCUT2D eigenvalue weighted by molar-refractivity contribution is 0.0933. The molecule has 7 heteroatoms. The van der Waals surface area contributed by atoms with Crippen LogP contribution >= 0.6 is 0 Å². The van der Waals surface area contributed by atoms with E-state index in [1.165, 1.54) is 0 Å². The Kier molecular flexibility index (Phi) is 4.28. The molecule has 4 rings (SSSR count). The highest BCUT2D eigenvalue weighted by molar-refractivity contribution is 5.95. The molecule has 0 bridgehead atoms. The molecule has 1 fully saturated rings. The van der Waals surface area contributed by atoms with Crippen LogP contribution in [-0.2, 0) is 0 Å². The summed E-state index contributed by atoms with van der Waals surface area (Å²) in [7, 11) is 0. The smallest absolute Gasteiger partial charge is 0.251 e. The summed E-state index contributed by atoms with van der Waals surface area (Å²) in [6.45, 7) is 5.54. The minimum atomic E-state index is -0.0602. The molecule has 1 aliphatic heterocycles. The molecule has 0 saturated carbocycles. The summed E-state index contributed by atoms with van der Waals surface area (Å²) < 4.78 is 1.92. The number of nitrogens with one attached hydrogen (secondary N) is 1. The van der Waals surface area contributed by atoms with Crippen LogP contribution < -0.4 is 10.2 Å². The number of aryl methyl sites for hydroxylation is 2. The molecule has 1 saturated heterocycles. The van der Waals surface area contributed by atoms with Gasteiger partial charge in [-0.25, -0.2) is 4.98 Å². The molecule has 0 aliphatic carbocycles. The zero-order chi connectivity index (χ0) is 18.1. The molecule has 1 unspecified atom stereocenters. The van der Waals surface area contributed by atoms with Crippen LogP contribution in [0.3, 0.4) is 0 Å². The number of pyridine rings is 1.